The minimum atomic E-state index is -1.19. The zero-order valence-corrected chi connectivity index (χ0v) is 7.07. The van der Waals surface area contributed by atoms with Crippen LogP contribution in [0.1, 0.15) is 0 Å². The molecule has 0 bridgehead atoms. The summed E-state index contributed by atoms with van der Waals surface area (Å²) in [6.07, 6.45) is -3.19. The fourth-order valence-corrected chi connectivity index (χ4v) is 1.15. The summed E-state index contributed by atoms with van der Waals surface area (Å²) in [5.74, 6) is 0. The lowest BCUT2D eigenvalue weighted by Gasteiger charge is -2.34. The van der Waals surface area contributed by atoms with Crippen LogP contribution in [0.4, 0.5) is 0 Å². The van der Waals surface area contributed by atoms with E-state index in [1.165, 1.54) is 7.11 Å². The van der Waals surface area contributed by atoms with Gasteiger partial charge in [0.15, 0.2) is 6.29 Å². The molecule has 1 rings (SSSR count). The zero-order valence-electron chi connectivity index (χ0n) is 7.07. The number of aliphatic hydroxyl groups is 2. The molecule has 0 aromatic rings. The highest BCUT2D eigenvalue weighted by atomic mass is 16.7. The molecule has 1 saturated heterocycles. The van der Waals surface area contributed by atoms with Gasteiger partial charge in [0.25, 0.3) is 0 Å². The van der Waals surface area contributed by atoms with E-state index in [9.17, 15) is 10.2 Å². The first-order valence-corrected chi connectivity index (χ1v) is 3.75. The maximum Gasteiger partial charge on any atom is 0.185 e. The third-order valence-corrected chi connectivity index (χ3v) is 1.89. The first-order valence-electron chi connectivity index (χ1n) is 3.75. The average Bonchev–Trinajstić information content (AvgIpc) is 2.14. The van der Waals surface area contributed by atoms with E-state index in [-0.39, 0.29) is 6.61 Å². The van der Waals surface area contributed by atoms with Crippen molar-refractivity contribution in [2.45, 2.75) is 24.5 Å². The normalized spacial score (nSPS) is 39.6. The fourth-order valence-electron chi connectivity index (χ4n) is 1.15. The van der Waals surface area contributed by atoms with Crippen LogP contribution in [0.15, 0.2) is 5.11 Å². The van der Waals surface area contributed by atoms with Crippen LogP contribution in [0, 0.1) is 0 Å². The Labute approximate surface area is 74.5 Å². The van der Waals surface area contributed by atoms with Gasteiger partial charge in [-0.05, 0) is 5.53 Å². The van der Waals surface area contributed by atoms with Crippen LogP contribution in [-0.2, 0) is 9.47 Å². The van der Waals surface area contributed by atoms with Crippen LogP contribution < -0.4 is 0 Å². The van der Waals surface area contributed by atoms with Gasteiger partial charge in [-0.1, -0.05) is 5.11 Å². The number of hydrogen-bond donors (Lipinski definition) is 2. The van der Waals surface area contributed by atoms with Gasteiger partial charge < -0.3 is 19.7 Å². The molecule has 7 heteroatoms. The molecule has 74 valence electrons. The first-order chi connectivity index (χ1) is 6.20. The summed E-state index contributed by atoms with van der Waals surface area (Å²) in [7, 11) is 1.36. The van der Waals surface area contributed by atoms with Crippen molar-refractivity contribution in [1.29, 1.82) is 0 Å². The topological polar surface area (TPSA) is 108 Å². The summed E-state index contributed by atoms with van der Waals surface area (Å²) in [5.41, 5.74) is 8.12. The summed E-state index contributed by atoms with van der Waals surface area (Å²) in [4.78, 5) is 2.53. The van der Waals surface area contributed by atoms with Crippen molar-refractivity contribution in [1.82, 2.24) is 0 Å². The van der Waals surface area contributed by atoms with Crippen molar-refractivity contribution in [2.75, 3.05) is 13.7 Å². The van der Waals surface area contributed by atoms with Crippen molar-refractivity contribution in [2.24, 2.45) is 5.11 Å². The highest BCUT2D eigenvalue weighted by Gasteiger charge is 2.37. The van der Waals surface area contributed by atoms with E-state index in [0.717, 1.165) is 0 Å². The van der Waals surface area contributed by atoms with Crippen LogP contribution in [0.3, 0.4) is 0 Å². The van der Waals surface area contributed by atoms with Gasteiger partial charge >= 0.3 is 0 Å². The highest BCUT2D eigenvalue weighted by molar-refractivity contribution is 4.87. The summed E-state index contributed by atoms with van der Waals surface area (Å²) in [5, 5.41) is 22.0. The molecule has 1 aliphatic rings. The van der Waals surface area contributed by atoms with Gasteiger partial charge in [0, 0.05) is 12.0 Å². The Hall–Kier alpha value is -0.850. The fraction of sp³-hybridized carbons (Fsp3) is 1.00. The predicted molar refractivity (Wildman–Crippen MR) is 41.7 cm³/mol. The number of azide groups is 1. The summed E-state index contributed by atoms with van der Waals surface area (Å²) in [6.45, 7) is 0.0425. The number of ether oxygens (including phenoxy) is 2. The van der Waals surface area contributed by atoms with Crippen LogP contribution >= 0.6 is 0 Å². The molecule has 0 aliphatic carbocycles. The molecule has 1 fully saturated rings. The molecule has 0 radical (unpaired) electrons. The monoisotopic (exact) mass is 189 g/mol. The lowest BCUT2D eigenvalue weighted by Crippen LogP contribution is -2.52. The minimum absolute atomic E-state index is 0.0425. The third-order valence-electron chi connectivity index (χ3n) is 1.89. The SMILES string of the molecule is CO[C@@H]1OC[C@@H](N=[N+]=[N-])[C@@H](O)[C@@H]1O. The van der Waals surface area contributed by atoms with Crippen LogP contribution in [0.2, 0.25) is 0 Å². The predicted octanol–water partition coefficient (Wildman–Crippen LogP) is -0.610. The van der Waals surface area contributed by atoms with Crippen LogP contribution in [0.5, 0.6) is 0 Å². The number of hydrogen-bond acceptors (Lipinski definition) is 5. The molecule has 2 N–H and O–H groups in total. The molecule has 1 aliphatic heterocycles. The molecule has 4 atom stereocenters. The average molecular weight is 189 g/mol. The first kappa shape index (κ1) is 10.2. The maximum atomic E-state index is 9.40. The van der Waals surface area contributed by atoms with E-state index in [0.29, 0.717) is 0 Å². The lowest BCUT2D eigenvalue weighted by atomic mass is 10.0. The molecule has 0 spiro atoms. The summed E-state index contributed by atoms with van der Waals surface area (Å²) in [6, 6.07) is -0.758. The van der Waals surface area contributed by atoms with Gasteiger partial charge in [0.1, 0.15) is 6.10 Å². The van der Waals surface area contributed by atoms with Crippen molar-refractivity contribution >= 4 is 0 Å². The smallest absolute Gasteiger partial charge is 0.185 e. The Balaban J connectivity index is 2.63. The zero-order chi connectivity index (χ0) is 9.84. The highest BCUT2D eigenvalue weighted by Crippen LogP contribution is 2.18. The van der Waals surface area contributed by atoms with Crippen LogP contribution in [-0.4, -0.2) is 48.5 Å². The standard InChI is InChI=1S/C6H11N3O4/c1-12-6-5(11)4(10)3(2-13-6)8-9-7/h3-6,10-11H,2H2,1H3/t3-,4-,5+,6-/m1/s1. The lowest BCUT2D eigenvalue weighted by molar-refractivity contribution is -0.237. The quantitative estimate of drug-likeness (QED) is 0.343. The molecule has 1 heterocycles. The van der Waals surface area contributed by atoms with E-state index in [1.54, 1.807) is 0 Å². The molecule has 0 saturated carbocycles. The van der Waals surface area contributed by atoms with Gasteiger partial charge in [0.2, 0.25) is 0 Å². The van der Waals surface area contributed by atoms with E-state index in [4.69, 9.17) is 15.0 Å². The van der Waals surface area contributed by atoms with Crippen molar-refractivity contribution in [3.63, 3.8) is 0 Å². The van der Waals surface area contributed by atoms with Crippen LogP contribution in [0.25, 0.3) is 10.4 Å². The van der Waals surface area contributed by atoms with E-state index >= 15 is 0 Å². The Bertz CT molecular complexity index is 218. The Morgan fingerprint density at radius 2 is 2.23 bits per heavy atom. The summed E-state index contributed by atoms with van der Waals surface area (Å²) >= 11 is 0. The molecular formula is C6H11N3O4. The van der Waals surface area contributed by atoms with Crippen molar-refractivity contribution < 1.29 is 19.7 Å². The number of rotatable bonds is 2. The van der Waals surface area contributed by atoms with Crippen molar-refractivity contribution in [3.8, 4) is 0 Å². The maximum absolute atomic E-state index is 9.40. The van der Waals surface area contributed by atoms with Gasteiger partial charge in [-0.2, -0.15) is 0 Å². The second-order valence-electron chi connectivity index (χ2n) is 2.69. The van der Waals surface area contributed by atoms with E-state index in [2.05, 4.69) is 10.0 Å². The Kier molecular flexibility index (Phi) is 3.47. The number of methoxy groups -OCH3 is 1. The molecular weight excluding hydrogens is 178 g/mol. The minimum Gasteiger partial charge on any atom is -0.390 e. The molecule has 0 amide bonds. The van der Waals surface area contributed by atoms with Gasteiger partial charge in [-0.3, -0.25) is 0 Å². The summed E-state index contributed by atoms with van der Waals surface area (Å²) < 4.78 is 9.71. The second kappa shape index (κ2) is 4.40. The van der Waals surface area contributed by atoms with Gasteiger partial charge in [-0.25, -0.2) is 0 Å². The molecule has 7 nitrogen and oxygen atoms in total. The third kappa shape index (κ3) is 2.09. The van der Waals surface area contributed by atoms with Gasteiger partial charge in [0.05, 0.1) is 18.8 Å². The van der Waals surface area contributed by atoms with E-state index < -0.39 is 24.5 Å². The second-order valence-corrected chi connectivity index (χ2v) is 2.69. The van der Waals surface area contributed by atoms with Crippen molar-refractivity contribution in [3.05, 3.63) is 10.4 Å². The number of aliphatic hydroxyl groups excluding tert-OH is 2. The molecule has 0 aromatic heterocycles. The molecule has 13 heavy (non-hydrogen) atoms. The molecule has 0 unspecified atom stereocenters. The molecule has 0 aromatic carbocycles. The van der Waals surface area contributed by atoms with E-state index in [1.807, 2.05) is 0 Å². The Morgan fingerprint density at radius 1 is 1.54 bits per heavy atom. The van der Waals surface area contributed by atoms with Gasteiger partial charge in [-0.15, -0.1) is 0 Å². The largest absolute Gasteiger partial charge is 0.390 e. The Morgan fingerprint density at radius 3 is 2.77 bits per heavy atom. The number of nitrogens with zero attached hydrogens (tertiary/aromatic N) is 3.